The van der Waals surface area contributed by atoms with E-state index in [2.05, 4.69) is 39.3 Å². The number of hydrogen-bond acceptors (Lipinski definition) is 5. The van der Waals surface area contributed by atoms with Gasteiger partial charge in [-0.1, -0.05) is 13.8 Å². The molecule has 0 unspecified atom stereocenters. The van der Waals surface area contributed by atoms with Gasteiger partial charge in [-0.3, -0.25) is 4.90 Å². The molecule has 2 N–H and O–H groups in total. The molecule has 32 heavy (non-hydrogen) atoms. The van der Waals surface area contributed by atoms with Crippen LogP contribution in [0.15, 0.2) is 30.7 Å². The van der Waals surface area contributed by atoms with Crippen molar-refractivity contribution in [3.63, 3.8) is 0 Å². The Hall–Kier alpha value is -3.20. The minimum absolute atomic E-state index is 0.117. The zero-order valence-corrected chi connectivity index (χ0v) is 18.6. The van der Waals surface area contributed by atoms with E-state index in [0.29, 0.717) is 30.0 Å². The molecule has 0 spiro atoms. The average molecular weight is 438 g/mol. The number of fused-ring (bicyclic) bond motifs is 2. The number of amides is 2. The fourth-order valence-electron chi connectivity index (χ4n) is 4.62. The van der Waals surface area contributed by atoms with Crippen LogP contribution in [0.1, 0.15) is 25.1 Å². The highest BCUT2D eigenvalue weighted by molar-refractivity contribution is 6.03. The molecule has 0 aromatic carbocycles. The largest absolute Gasteiger partial charge is 0.368 e. The predicted octanol–water partition coefficient (Wildman–Crippen LogP) is 3.21. The molecule has 1 atom stereocenters. The summed E-state index contributed by atoms with van der Waals surface area (Å²) in [7, 11) is 0. The van der Waals surface area contributed by atoms with Crippen LogP contribution in [0.4, 0.5) is 26.4 Å². The number of piperazine rings is 1. The predicted molar refractivity (Wildman–Crippen MR) is 123 cm³/mol. The molecule has 1 fully saturated rings. The number of aryl methyl sites for hydroxylation is 1. The van der Waals surface area contributed by atoms with Gasteiger partial charge in [0.2, 0.25) is 0 Å². The molecule has 0 radical (unpaired) electrons. The zero-order chi connectivity index (χ0) is 22.4. The standard InChI is InChI=1S/C23H28FN7O/c1-14(2)18-12-29(9-7-25-18)20-4-6-26-22-16(20)5-8-31(22)23(32)28-19-13-30-11-15(3)27-21(30)10-17(19)24/h4,6,10-11,13-14,18,25H,5,7-9,12H2,1-3H3,(H,28,32)/t18-/m0/s1. The molecule has 2 aliphatic rings. The summed E-state index contributed by atoms with van der Waals surface area (Å²) in [5, 5.41) is 6.30. The number of pyridine rings is 2. The molecule has 0 saturated carbocycles. The maximum atomic E-state index is 14.6. The number of imidazole rings is 1. The van der Waals surface area contributed by atoms with Crippen LogP contribution in [0.5, 0.6) is 0 Å². The minimum Gasteiger partial charge on any atom is -0.368 e. The molecule has 0 bridgehead atoms. The van der Waals surface area contributed by atoms with Gasteiger partial charge in [0.05, 0.1) is 11.4 Å². The van der Waals surface area contributed by atoms with Gasteiger partial charge in [-0.2, -0.15) is 0 Å². The molecule has 168 valence electrons. The van der Waals surface area contributed by atoms with Crippen LogP contribution in [0.3, 0.4) is 0 Å². The van der Waals surface area contributed by atoms with Crippen molar-refractivity contribution in [3.05, 3.63) is 47.8 Å². The molecule has 3 aromatic heterocycles. The number of anilines is 3. The fraction of sp³-hybridized carbons (Fsp3) is 0.435. The lowest BCUT2D eigenvalue weighted by atomic mass is 10.0. The van der Waals surface area contributed by atoms with E-state index in [0.717, 1.165) is 43.0 Å². The number of urea groups is 1. The first kappa shape index (κ1) is 20.7. The van der Waals surface area contributed by atoms with Gasteiger partial charge in [-0.15, -0.1) is 0 Å². The first-order chi connectivity index (χ1) is 15.4. The van der Waals surface area contributed by atoms with Crippen LogP contribution < -0.4 is 20.4 Å². The Morgan fingerprint density at radius 1 is 1.31 bits per heavy atom. The molecule has 8 nitrogen and oxygen atoms in total. The van der Waals surface area contributed by atoms with Crippen LogP contribution in [0.2, 0.25) is 0 Å². The Morgan fingerprint density at radius 2 is 2.16 bits per heavy atom. The Labute approximate surface area is 186 Å². The summed E-state index contributed by atoms with van der Waals surface area (Å²) in [6.07, 6.45) is 5.83. The number of hydrogen-bond donors (Lipinski definition) is 2. The number of nitrogens with zero attached hydrogens (tertiary/aromatic N) is 5. The molecule has 2 aliphatic heterocycles. The van der Waals surface area contributed by atoms with Crippen molar-refractivity contribution in [1.82, 2.24) is 19.7 Å². The first-order valence-electron chi connectivity index (χ1n) is 11.1. The highest BCUT2D eigenvalue weighted by Crippen LogP contribution is 2.35. The van der Waals surface area contributed by atoms with Crippen LogP contribution in [0.25, 0.3) is 5.65 Å². The van der Waals surface area contributed by atoms with Gasteiger partial charge in [0.25, 0.3) is 0 Å². The van der Waals surface area contributed by atoms with Crippen LogP contribution >= 0.6 is 0 Å². The third kappa shape index (κ3) is 3.66. The van der Waals surface area contributed by atoms with Crippen LogP contribution in [0, 0.1) is 18.7 Å². The quantitative estimate of drug-likeness (QED) is 0.658. The van der Waals surface area contributed by atoms with Gasteiger partial charge < -0.3 is 19.9 Å². The molecule has 3 aromatic rings. The molecule has 0 aliphatic carbocycles. The molecule has 5 rings (SSSR count). The lowest BCUT2D eigenvalue weighted by Gasteiger charge is -2.38. The van der Waals surface area contributed by atoms with Gasteiger partial charge in [0.1, 0.15) is 11.5 Å². The molecular weight excluding hydrogens is 409 g/mol. The summed E-state index contributed by atoms with van der Waals surface area (Å²) >= 11 is 0. The maximum Gasteiger partial charge on any atom is 0.327 e. The molecular formula is C23H28FN7O. The number of carbonyl (C=O) groups excluding carboxylic acids is 1. The Morgan fingerprint density at radius 3 is 2.97 bits per heavy atom. The lowest BCUT2D eigenvalue weighted by Crippen LogP contribution is -2.53. The van der Waals surface area contributed by atoms with E-state index >= 15 is 0 Å². The summed E-state index contributed by atoms with van der Waals surface area (Å²) < 4.78 is 16.3. The average Bonchev–Trinajstić information content (AvgIpc) is 3.36. The molecule has 2 amide bonds. The molecule has 1 saturated heterocycles. The molecule has 9 heteroatoms. The summed E-state index contributed by atoms with van der Waals surface area (Å²) in [6.45, 7) is 9.59. The van der Waals surface area contributed by atoms with Crippen molar-refractivity contribution in [2.45, 2.75) is 33.2 Å². The van der Waals surface area contributed by atoms with Crippen molar-refractivity contribution in [2.24, 2.45) is 5.92 Å². The van der Waals surface area contributed by atoms with E-state index in [-0.39, 0.29) is 11.7 Å². The van der Waals surface area contributed by atoms with Gasteiger partial charge in [-0.25, -0.2) is 19.2 Å². The van der Waals surface area contributed by atoms with E-state index < -0.39 is 5.82 Å². The summed E-state index contributed by atoms with van der Waals surface area (Å²) in [5.41, 5.74) is 3.62. The number of aromatic nitrogens is 3. The number of halogens is 1. The Balaban J connectivity index is 1.38. The van der Waals surface area contributed by atoms with E-state index in [1.807, 2.05) is 13.0 Å². The second-order valence-electron chi connectivity index (χ2n) is 8.90. The van der Waals surface area contributed by atoms with Crippen molar-refractivity contribution in [3.8, 4) is 0 Å². The van der Waals surface area contributed by atoms with Crippen LogP contribution in [-0.4, -0.2) is 52.6 Å². The van der Waals surface area contributed by atoms with Gasteiger partial charge >= 0.3 is 6.03 Å². The maximum absolute atomic E-state index is 14.6. The normalized spacial score (nSPS) is 18.5. The van der Waals surface area contributed by atoms with Crippen molar-refractivity contribution < 1.29 is 9.18 Å². The Kier molecular flexibility index (Phi) is 5.21. The highest BCUT2D eigenvalue weighted by Gasteiger charge is 2.31. The number of carbonyl (C=O) groups is 1. The second-order valence-corrected chi connectivity index (χ2v) is 8.90. The third-order valence-corrected chi connectivity index (χ3v) is 6.35. The van der Waals surface area contributed by atoms with Gasteiger partial charge in [-0.05, 0) is 25.3 Å². The van der Waals surface area contributed by atoms with Gasteiger partial charge in [0.15, 0.2) is 5.82 Å². The van der Waals surface area contributed by atoms with E-state index in [1.165, 1.54) is 6.07 Å². The van der Waals surface area contributed by atoms with Crippen molar-refractivity contribution >= 4 is 28.9 Å². The topological polar surface area (TPSA) is 77.8 Å². The number of rotatable bonds is 3. The summed E-state index contributed by atoms with van der Waals surface area (Å²) in [4.78, 5) is 25.8. The SMILES string of the molecule is Cc1cn2cc(NC(=O)N3CCc4c(N5CCN[C@H](C(C)C)C5)ccnc43)c(F)cc2n1. The Bertz CT molecular complexity index is 1170. The summed E-state index contributed by atoms with van der Waals surface area (Å²) in [5.74, 6) is 0.680. The smallest absolute Gasteiger partial charge is 0.327 e. The zero-order valence-electron chi connectivity index (χ0n) is 18.6. The van der Waals surface area contributed by atoms with E-state index in [4.69, 9.17) is 0 Å². The molecule has 5 heterocycles. The highest BCUT2D eigenvalue weighted by atomic mass is 19.1. The summed E-state index contributed by atoms with van der Waals surface area (Å²) in [6, 6.07) is 3.41. The lowest BCUT2D eigenvalue weighted by molar-refractivity contribution is 0.257. The van der Waals surface area contributed by atoms with Crippen LogP contribution in [-0.2, 0) is 6.42 Å². The van der Waals surface area contributed by atoms with E-state index in [9.17, 15) is 9.18 Å². The van der Waals surface area contributed by atoms with Crippen molar-refractivity contribution in [1.29, 1.82) is 0 Å². The minimum atomic E-state index is -0.516. The monoisotopic (exact) mass is 437 g/mol. The fourth-order valence-corrected chi connectivity index (χ4v) is 4.62. The number of nitrogens with one attached hydrogen (secondary N) is 2. The van der Waals surface area contributed by atoms with E-state index in [1.54, 1.807) is 27.9 Å². The third-order valence-electron chi connectivity index (χ3n) is 6.35. The van der Waals surface area contributed by atoms with Gasteiger partial charge in [0, 0.05) is 68.1 Å². The van der Waals surface area contributed by atoms with Crippen molar-refractivity contribution in [2.75, 3.05) is 41.3 Å². The second kappa shape index (κ2) is 8.05. The first-order valence-corrected chi connectivity index (χ1v) is 11.1.